The Labute approximate surface area is 156 Å². The Morgan fingerprint density at radius 1 is 1.07 bits per heavy atom. The minimum absolute atomic E-state index is 0.145. The predicted molar refractivity (Wildman–Crippen MR) is 104 cm³/mol. The maximum atomic E-state index is 11.8. The van der Waals surface area contributed by atoms with Crippen molar-refractivity contribution < 1.29 is 4.79 Å². The second-order valence-corrected chi connectivity index (χ2v) is 6.36. The molecule has 0 aliphatic carbocycles. The zero-order valence-corrected chi connectivity index (χ0v) is 15.0. The lowest BCUT2D eigenvalue weighted by atomic mass is 10.1. The highest BCUT2D eigenvalue weighted by Crippen LogP contribution is 2.34. The fourth-order valence-electron chi connectivity index (χ4n) is 3.32. The molecule has 0 saturated heterocycles. The van der Waals surface area contributed by atoms with E-state index in [0.717, 1.165) is 11.1 Å². The lowest BCUT2D eigenvalue weighted by Gasteiger charge is -2.18. The van der Waals surface area contributed by atoms with Crippen LogP contribution >= 0.6 is 0 Å². The van der Waals surface area contributed by atoms with Gasteiger partial charge in [0, 0.05) is 6.92 Å². The highest BCUT2D eigenvalue weighted by molar-refractivity contribution is 5.98. The van der Waals surface area contributed by atoms with Crippen LogP contribution in [-0.4, -0.2) is 20.4 Å². The van der Waals surface area contributed by atoms with Crippen molar-refractivity contribution in [1.82, 2.24) is 14.5 Å². The molecule has 4 aromatic rings. The lowest BCUT2D eigenvalue weighted by Crippen LogP contribution is -2.15. The van der Waals surface area contributed by atoms with E-state index in [4.69, 9.17) is 4.98 Å². The molecule has 27 heavy (non-hydrogen) atoms. The first-order valence-electron chi connectivity index (χ1n) is 8.63. The van der Waals surface area contributed by atoms with Gasteiger partial charge in [0.05, 0.1) is 17.1 Å². The van der Waals surface area contributed by atoms with E-state index in [0.29, 0.717) is 28.1 Å². The molecule has 0 bridgehead atoms. The Balaban J connectivity index is 2.09. The molecule has 6 heteroatoms. The molecule has 2 aromatic carbocycles. The summed E-state index contributed by atoms with van der Waals surface area (Å²) in [6.07, 6.45) is 0. The first-order valence-corrected chi connectivity index (χ1v) is 8.63. The second kappa shape index (κ2) is 6.54. The van der Waals surface area contributed by atoms with E-state index in [1.807, 2.05) is 66.1 Å². The van der Waals surface area contributed by atoms with Crippen molar-refractivity contribution in [1.29, 1.82) is 5.26 Å². The Bertz CT molecular complexity index is 1200. The van der Waals surface area contributed by atoms with Crippen LogP contribution in [0.3, 0.4) is 0 Å². The van der Waals surface area contributed by atoms with Crippen LogP contribution in [0, 0.1) is 11.3 Å². The maximum Gasteiger partial charge on any atom is 0.222 e. The minimum Gasteiger partial charge on any atom is -0.311 e. The summed E-state index contributed by atoms with van der Waals surface area (Å²) in [5, 5.41) is 12.6. The number of carbonyl (C=O) groups excluding carboxylic acids is 1. The van der Waals surface area contributed by atoms with E-state index >= 15 is 0 Å². The quantitative estimate of drug-likeness (QED) is 0.601. The number of nitriles is 1. The number of benzene rings is 2. The Morgan fingerprint density at radius 2 is 1.70 bits per heavy atom. The molecule has 0 spiro atoms. The van der Waals surface area contributed by atoms with Crippen molar-refractivity contribution in [3.8, 4) is 6.07 Å². The van der Waals surface area contributed by atoms with Crippen molar-refractivity contribution in [2.45, 2.75) is 19.9 Å². The minimum atomic E-state index is -0.250. The summed E-state index contributed by atoms with van der Waals surface area (Å²) in [7, 11) is 0. The first-order chi connectivity index (χ1) is 13.1. The van der Waals surface area contributed by atoms with Crippen molar-refractivity contribution in [3.05, 3.63) is 65.7 Å². The number of nitrogens with zero attached hydrogens (tertiary/aromatic N) is 4. The molecule has 4 rings (SSSR count). The fraction of sp³-hybridized carbons (Fsp3) is 0.143. The third-order valence-corrected chi connectivity index (χ3v) is 4.57. The van der Waals surface area contributed by atoms with Gasteiger partial charge in [-0.1, -0.05) is 42.5 Å². The molecule has 132 valence electrons. The SMILES string of the molecule is CC(=O)Nc1c(C#N)c2nc3ccccc3nc2n1C(C)c1ccccc1. The number of hydrogen-bond donors (Lipinski definition) is 1. The van der Waals surface area contributed by atoms with Gasteiger partial charge < -0.3 is 9.88 Å². The third kappa shape index (κ3) is 2.79. The number of fused-ring (bicyclic) bond motifs is 2. The highest BCUT2D eigenvalue weighted by atomic mass is 16.1. The molecule has 0 radical (unpaired) electrons. The number of para-hydroxylation sites is 2. The molecule has 0 fully saturated rings. The number of aromatic nitrogens is 3. The molecule has 6 nitrogen and oxygen atoms in total. The van der Waals surface area contributed by atoms with Gasteiger partial charge in [-0.15, -0.1) is 0 Å². The number of hydrogen-bond acceptors (Lipinski definition) is 4. The van der Waals surface area contributed by atoms with Gasteiger partial charge in [-0.25, -0.2) is 9.97 Å². The predicted octanol–water partition coefficient (Wildman–Crippen LogP) is 4.02. The molecule has 1 N–H and O–H groups in total. The molecule has 0 aliphatic heterocycles. The molecule has 1 unspecified atom stereocenters. The topological polar surface area (TPSA) is 83.6 Å². The Kier molecular flexibility index (Phi) is 4.05. The van der Waals surface area contributed by atoms with E-state index in [1.54, 1.807) is 0 Å². The van der Waals surface area contributed by atoms with E-state index in [1.165, 1.54) is 6.92 Å². The van der Waals surface area contributed by atoms with Gasteiger partial charge in [0.2, 0.25) is 5.91 Å². The number of amides is 1. The number of nitrogens with one attached hydrogen (secondary N) is 1. The van der Waals surface area contributed by atoms with Crippen LogP contribution in [0.5, 0.6) is 0 Å². The summed E-state index contributed by atoms with van der Waals surface area (Å²) in [6.45, 7) is 3.44. The molecule has 1 amide bonds. The van der Waals surface area contributed by atoms with E-state index in [9.17, 15) is 10.1 Å². The third-order valence-electron chi connectivity index (χ3n) is 4.57. The molecule has 0 saturated carbocycles. The van der Waals surface area contributed by atoms with Crippen LogP contribution in [0.1, 0.15) is 31.0 Å². The number of rotatable bonds is 3. The van der Waals surface area contributed by atoms with Gasteiger partial charge >= 0.3 is 0 Å². The number of carbonyl (C=O) groups is 1. The zero-order chi connectivity index (χ0) is 19.0. The van der Waals surface area contributed by atoms with Crippen LogP contribution in [0.4, 0.5) is 5.82 Å². The van der Waals surface area contributed by atoms with Crippen molar-refractivity contribution in [2.24, 2.45) is 0 Å². The Hall–Kier alpha value is -3.72. The van der Waals surface area contributed by atoms with Crippen LogP contribution in [-0.2, 0) is 4.79 Å². The molecule has 2 heterocycles. The molecule has 2 aromatic heterocycles. The normalized spacial score (nSPS) is 12.0. The summed E-state index contributed by atoms with van der Waals surface area (Å²) in [4.78, 5) is 21.2. The average Bonchev–Trinajstić information content (AvgIpc) is 2.97. The van der Waals surface area contributed by atoms with Crippen LogP contribution < -0.4 is 5.32 Å². The van der Waals surface area contributed by atoms with E-state index in [-0.39, 0.29) is 11.9 Å². The van der Waals surface area contributed by atoms with Crippen molar-refractivity contribution >= 4 is 33.9 Å². The summed E-state index contributed by atoms with van der Waals surface area (Å²) < 4.78 is 1.88. The van der Waals surface area contributed by atoms with E-state index < -0.39 is 0 Å². The summed E-state index contributed by atoms with van der Waals surface area (Å²) >= 11 is 0. The van der Waals surface area contributed by atoms with Gasteiger partial charge in [-0.05, 0) is 24.6 Å². The van der Waals surface area contributed by atoms with Crippen LogP contribution in [0.2, 0.25) is 0 Å². The highest BCUT2D eigenvalue weighted by Gasteiger charge is 2.25. The lowest BCUT2D eigenvalue weighted by molar-refractivity contribution is -0.114. The summed E-state index contributed by atoms with van der Waals surface area (Å²) in [6, 6.07) is 19.5. The average molecular weight is 355 g/mol. The molecule has 0 aliphatic rings. The molecular weight excluding hydrogens is 338 g/mol. The standard InChI is InChI=1S/C21H17N5O/c1-13(15-8-4-3-5-9-15)26-20(23-14(2)27)16(12-22)19-21(26)25-18-11-7-6-10-17(18)24-19/h3-11,13H,1-2H3,(H,23,27). The fourth-order valence-corrected chi connectivity index (χ4v) is 3.32. The summed E-state index contributed by atoms with van der Waals surface area (Å²) in [5.41, 5.74) is 3.87. The van der Waals surface area contributed by atoms with Gasteiger partial charge in [0.25, 0.3) is 0 Å². The molecular formula is C21H17N5O. The van der Waals surface area contributed by atoms with Gasteiger partial charge in [0.1, 0.15) is 23.0 Å². The van der Waals surface area contributed by atoms with Crippen LogP contribution in [0.15, 0.2) is 54.6 Å². The zero-order valence-electron chi connectivity index (χ0n) is 15.0. The largest absolute Gasteiger partial charge is 0.311 e. The van der Waals surface area contributed by atoms with Crippen molar-refractivity contribution in [3.63, 3.8) is 0 Å². The van der Waals surface area contributed by atoms with Crippen molar-refractivity contribution in [2.75, 3.05) is 5.32 Å². The second-order valence-electron chi connectivity index (χ2n) is 6.36. The van der Waals surface area contributed by atoms with Gasteiger partial charge in [0.15, 0.2) is 5.65 Å². The number of anilines is 1. The van der Waals surface area contributed by atoms with E-state index in [2.05, 4.69) is 16.4 Å². The Morgan fingerprint density at radius 3 is 2.33 bits per heavy atom. The van der Waals surface area contributed by atoms with Gasteiger partial charge in [-0.3, -0.25) is 4.79 Å². The summed E-state index contributed by atoms with van der Waals surface area (Å²) in [5.74, 6) is 0.173. The maximum absolute atomic E-state index is 11.8. The monoisotopic (exact) mass is 355 g/mol. The molecule has 1 atom stereocenters. The smallest absolute Gasteiger partial charge is 0.222 e. The first kappa shape index (κ1) is 16.7. The van der Waals surface area contributed by atoms with Crippen LogP contribution in [0.25, 0.3) is 22.2 Å². The van der Waals surface area contributed by atoms with Gasteiger partial charge in [-0.2, -0.15) is 5.26 Å².